The molecule has 0 unspecified atom stereocenters. The van der Waals surface area contributed by atoms with E-state index in [1.54, 1.807) is 7.11 Å². The lowest BCUT2D eigenvalue weighted by atomic mass is 9.91. The van der Waals surface area contributed by atoms with Crippen LogP contribution in [0, 0.1) is 5.41 Å². The van der Waals surface area contributed by atoms with Crippen molar-refractivity contribution in [2.24, 2.45) is 5.41 Å². The van der Waals surface area contributed by atoms with E-state index in [9.17, 15) is 4.79 Å². The third-order valence-electron chi connectivity index (χ3n) is 4.95. The van der Waals surface area contributed by atoms with Crippen LogP contribution in [-0.2, 0) is 17.8 Å². The second-order valence-electron chi connectivity index (χ2n) is 8.65. The van der Waals surface area contributed by atoms with Gasteiger partial charge in [-0.2, -0.15) is 0 Å². The molecule has 4 nitrogen and oxygen atoms in total. The SMILES string of the molecule is COc1ccc2[nH]cc(CCN(Cc3ccc(Cl)cc3)C(=O)CC(C)(C)C)c2c1. The summed E-state index contributed by atoms with van der Waals surface area (Å²) in [6.07, 6.45) is 3.32. The molecule has 0 aliphatic heterocycles. The molecule has 1 N–H and O–H groups in total. The molecule has 0 saturated heterocycles. The second-order valence-corrected chi connectivity index (χ2v) is 9.09. The number of fused-ring (bicyclic) bond motifs is 1. The highest BCUT2D eigenvalue weighted by molar-refractivity contribution is 6.30. The average Bonchev–Trinajstić information content (AvgIpc) is 3.07. The molecule has 1 heterocycles. The Hall–Kier alpha value is -2.46. The maximum Gasteiger partial charge on any atom is 0.223 e. The van der Waals surface area contributed by atoms with Gasteiger partial charge in [-0.05, 0) is 53.3 Å². The minimum absolute atomic E-state index is 0.0521. The number of nitrogens with zero attached hydrogens (tertiary/aromatic N) is 1. The summed E-state index contributed by atoms with van der Waals surface area (Å²) >= 11 is 6.01. The molecule has 154 valence electrons. The molecule has 0 fully saturated rings. The molecular formula is C24H29ClN2O2. The van der Waals surface area contributed by atoms with E-state index in [1.807, 2.05) is 53.6 Å². The quantitative estimate of drug-likeness (QED) is 0.530. The van der Waals surface area contributed by atoms with Gasteiger partial charge in [-0.3, -0.25) is 4.79 Å². The van der Waals surface area contributed by atoms with Crippen molar-refractivity contribution >= 4 is 28.4 Å². The molecule has 0 saturated carbocycles. The number of carbonyl (C=O) groups excluding carboxylic acids is 1. The van der Waals surface area contributed by atoms with Gasteiger partial charge in [0.25, 0.3) is 0 Å². The third-order valence-corrected chi connectivity index (χ3v) is 5.20. The highest BCUT2D eigenvalue weighted by Crippen LogP contribution is 2.25. The number of benzene rings is 2. The van der Waals surface area contributed by atoms with E-state index >= 15 is 0 Å². The predicted octanol–water partition coefficient (Wildman–Crippen LogP) is 5.84. The van der Waals surface area contributed by atoms with E-state index in [4.69, 9.17) is 16.3 Å². The summed E-state index contributed by atoms with van der Waals surface area (Å²) in [5.74, 6) is 1.00. The zero-order valence-electron chi connectivity index (χ0n) is 17.6. The van der Waals surface area contributed by atoms with Gasteiger partial charge in [0, 0.05) is 41.6 Å². The van der Waals surface area contributed by atoms with Gasteiger partial charge in [0.15, 0.2) is 0 Å². The normalized spacial score (nSPS) is 11.6. The van der Waals surface area contributed by atoms with E-state index in [-0.39, 0.29) is 11.3 Å². The third kappa shape index (κ3) is 5.77. The largest absolute Gasteiger partial charge is 0.497 e. The van der Waals surface area contributed by atoms with E-state index in [0.717, 1.165) is 28.6 Å². The lowest BCUT2D eigenvalue weighted by Gasteiger charge is -2.27. The number of carbonyl (C=O) groups is 1. The summed E-state index contributed by atoms with van der Waals surface area (Å²) < 4.78 is 5.36. The Balaban J connectivity index is 1.79. The Bertz CT molecular complexity index is 971. The van der Waals surface area contributed by atoms with Crippen LogP contribution in [0.5, 0.6) is 5.75 Å². The fourth-order valence-corrected chi connectivity index (χ4v) is 3.54. The predicted molar refractivity (Wildman–Crippen MR) is 119 cm³/mol. The van der Waals surface area contributed by atoms with Crippen LogP contribution in [0.3, 0.4) is 0 Å². The van der Waals surface area contributed by atoms with Crippen molar-refractivity contribution in [3.63, 3.8) is 0 Å². The van der Waals surface area contributed by atoms with E-state index in [2.05, 4.69) is 25.8 Å². The van der Waals surface area contributed by atoms with Crippen molar-refractivity contribution in [3.05, 3.63) is 64.8 Å². The number of nitrogens with one attached hydrogen (secondary N) is 1. The molecule has 0 bridgehead atoms. The molecule has 1 aromatic heterocycles. The first-order valence-electron chi connectivity index (χ1n) is 9.91. The summed E-state index contributed by atoms with van der Waals surface area (Å²) in [5.41, 5.74) is 3.29. The van der Waals surface area contributed by atoms with E-state index < -0.39 is 0 Å². The maximum atomic E-state index is 13.0. The van der Waals surface area contributed by atoms with Crippen molar-refractivity contribution in [1.29, 1.82) is 0 Å². The summed E-state index contributed by atoms with van der Waals surface area (Å²) in [5, 5.41) is 1.84. The monoisotopic (exact) mass is 412 g/mol. The highest BCUT2D eigenvalue weighted by Gasteiger charge is 2.22. The Kier molecular flexibility index (Phi) is 6.53. The van der Waals surface area contributed by atoms with Crippen molar-refractivity contribution in [2.45, 2.75) is 40.2 Å². The summed E-state index contributed by atoms with van der Waals surface area (Å²) in [6.45, 7) is 7.52. The van der Waals surface area contributed by atoms with Crippen LogP contribution in [0.25, 0.3) is 10.9 Å². The number of methoxy groups -OCH3 is 1. The van der Waals surface area contributed by atoms with Crippen LogP contribution < -0.4 is 4.74 Å². The molecule has 3 rings (SSSR count). The number of amides is 1. The number of ether oxygens (including phenoxy) is 1. The fraction of sp³-hybridized carbons (Fsp3) is 0.375. The maximum absolute atomic E-state index is 13.0. The minimum atomic E-state index is -0.0521. The fourth-order valence-electron chi connectivity index (χ4n) is 3.41. The van der Waals surface area contributed by atoms with Gasteiger partial charge in [0.05, 0.1) is 7.11 Å². The molecule has 5 heteroatoms. The minimum Gasteiger partial charge on any atom is -0.497 e. The molecule has 0 aliphatic rings. The number of rotatable bonds is 7. The molecule has 29 heavy (non-hydrogen) atoms. The zero-order chi connectivity index (χ0) is 21.0. The average molecular weight is 413 g/mol. The van der Waals surface area contributed by atoms with Gasteiger partial charge in [-0.15, -0.1) is 0 Å². The van der Waals surface area contributed by atoms with Crippen LogP contribution in [0.1, 0.15) is 38.3 Å². The number of H-pyrrole nitrogens is 1. The summed E-state index contributed by atoms with van der Waals surface area (Å²) in [7, 11) is 1.67. The molecule has 3 aromatic rings. The molecule has 1 amide bonds. The lowest BCUT2D eigenvalue weighted by Crippen LogP contribution is -2.34. The first-order chi connectivity index (χ1) is 13.7. The molecule has 0 radical (unpaired) electrons. The number of hydrogen-bond acceptors (Lipinski definition) is 2. The molecule has 0 spiro atoms. The van der Waals surface area contributed by atoms with Crippen molar-refractivity contribution in [2.75, 3.05) is 13.7 Å². The number of aromatic amines is 1. The van der Waals surface area contributed by atoms with Gasteiger partial charge < -0.3 is 14.6 Å². The second kappa shape index (κ2) is 8.91. The summed E-state index contributed by atoms with van der Waals surface area (Å²) in [6, 6.07) is 13.7. The number of halogens is 1. The van der Waals surface area contributed by atoms with Gasteiger partial charge in [-0.1, -0.05) is 44.5 Å². The van der Waals surface area contributed by atoms with Gasteiger partial charge >= 0.3 is 0 Å². The van der Waals surface area contributed by atoms with Crippen molar-refractivity contribution < 1.29 is 9.53 Å². The van der Waals surface area contributed by atoms with Crippen molar-refractivity contribution in [1.82, 2.24) is 9.88 Å². The molecular weight excluding hydrogens is 384 g/mol. The number of hydrogen-bond donors (Lipinski definition) is 1. The van der Waals surface area contributed by atoms with Crippen LogP contribution in [0.4, 0.5) is 0 Å². The van der Waals surface area contributed by atoms with Crippen molar-refractivity contribution in [3.8, 4) is 5.75 Å². The first-order valence-corrected chi connectivity index (χ1v) is 10.3. The van der Waals surface area contributed by atoms with E-state index in [0.29, 0.717) is 24.5 Å². The summed E-state index contributed by atoms with van der Waals surface area (Å²) in [4.78, 5) is 18.3. The zero-order valence-corrected chi connectivity index (χ0v) is 18.3. The Labute approximate surface area is 177 Å². The highest BCUT2D eigenvalue weighted by atomic mass is 35.5. The molecule has 0 atom stereocenters. The topological polar surface area (TPSA) is 45.3 Å². The Morgan fingerprint density at radius 1 is 1.14 bits per heavy atom. The van der Waals surface area contributed by atoms with Gasteiger partial charge in [-0.25, -0.2) is 0 Å². The van der Waals surface area contributed by atoms with E-state index in [1.165, 1.54) is 5.56 Å². The number of aromatic nitrogens is 1. The van der Waals surface area contributed by atoms with Gasteiger partial charge in [0.1, 0.15) is 5.75 Å². The standard InChI is InChI=1S/C24H29ClN2O2/c1-24(2,3)14-23(28)27(16-17-5-7-19(25)8-6-17)12-11-18-15-26-22-10-9-20(29-4)13-21(18)22/h5-10,13,15,26H,11-12,14,16H2,1-4H3. The van der Waals surface area contributed by atoms with Crippen LogP contribution in [-0.4, -0.2) is 29.4 Å². The van der Waals surface area contributed by atoms with Gasteiger partial charge in [0.2, 0.25) is 5.91 Å². The smallest absolute Gasteiger partial charge is 0.223 e. The lowest BCUT2D eigenvalue weighted by molar-refractivity contribution is -0.133. The first kappa shape index (κ1) is 21.3. The van der Waals surface area contributed by atoms with Crippen LogP contribution in [0.2, 0.25) is 5.02 Å². The van der Waals surface area contributed by atoms with Crippen LogP contribution in [0.15, 0.2) is 48.7 Å². The Morgan fingerprint density at radius 3 is 2.52 bits per heavy atom. The Morgan fingerprint density at radius 2 is 1.86 bits per heavy atom. The molecule has 0 aliphatic carbocycles. The van der Waals surface area contributed by atoms with Crippen LogP contribution >= 0.6 is 11.6 Å². The molecule has 2 aromatic carbocycles.